The van der Waals surface area contributed by atoms with E-state index < -0.39 is 6.04 Å². The van der Waals surface area contributed by atoms with E-state index in [0.717, 1.165) is 46.7 Å². The molecule has 0 amide bonds. The van der Waals surface area contributed by atoms with Gasteiger partial charge in [0, 0.05) is 22.8 Å². The van der Waals surface area contributed by atoms with Gasteiger partial charge in [-0.1, -0.05) is 17.3 Å². The van der Waals surface area contributed by atoms with E-state index in [1.54, 1.807) is 17.8 Å². The lowest BCUT2D eigenvalue weighted by atomic mass is 9.94. The number of aromatic nitrogens is 2. The molecule has 0 saturated carbocycles. The molecule has 1 N–H and O–H groups in total. The Morgan fingerprint density at radius 1 is 1.24 bits per heavy atom. The first-order valence-electron chi connectivity index (χ1n) is 11.2. The van der Waals surface area contributed by atoms with Crippen LogP contribution in [-0.2, 0) is 4.74 Å². The highest BCUT2D eigenvalue weighted by Gasteiger charge is 2.35. The third kappa shape index (κ3) is 4.60. The molecule has 0 bridgehead atoms. The van der Waals surface area contributed by atoms with Crippen LogP contribution in [0.4, 0.5) is 4.39 Å². The molecule has 6 nitrogen and oxygen atoms in total. The maximum absolute atomic E-state index is 14.1. The molecule has 2 aliphatic heterocycles. The van der Waals surface area contributed by atoms with E-state index in [4.69, 9.17) is 26.5 Å². The van der Waals surface area contributed by atoms with Gasteiger partial charge >= 0.3 is 0 Å². The van der Waals surface area contributed by atoms with E-state index in [0.29, 0.717) is 23.4 Å². The molecule has 2 aliphatic rings. The summed E-state index contributed by atoms with van der Waals surface area (Å²) in [5.74, 6) is 0.562. The second kappa shape index (κ2) is 9.85. The number of thioether (sulfide) groups is 1. The number of allylic oxidation sites excluding steroid dienone is 1. The van der Waals surface area contributed by atoms with Gasteiger partial charge in [-0.3, -0.25) is 0 Å². The van der Waals surface area contributed by atoms with E-state index >= 15 is 0 Å². The van der Waals surface area contributed by atoms with E-state index in [1.807, 2.05) is 48.4 Å². The number of hydrogen-bond acceptors (Lipinski definition) is 6. The molecule has 1 fully saturated rings. The summed E-state index contributed by atoms with van der Waals surface area (Å²) in [6.45, 7) is 3.39. The number of benzene rings is 2. The van der Waals surface area contributed by atoms with Gasteiger partial charge in [0.05, 0.1) is 24.3 Å². The number of hydrogen-bond donors (Lipinski definition) is 1. The van der Waals surface area contributed by atoms with E-state index in [2.05, 4.69) is 10.5 Å². The van der Waals surface area contributed by atoms with Crippen LogP contribution in [0.1, 0.15) is 37.3 Å². The third-order valence-corrected chi connectivity index (χ3v) is 7.27. The average molecular weight is 497 g/mol. The van der Waals surface area contributed by atoms with Crippen LogP contribution in [0.2, 0.25) is 0 Å². The number of halogens is 1. The minimum absolute atomic E-state index is 0.106. The quantitative estimate of drug-likeness (QED) is 0.358. The van der Waals surface area contributed by atoms with Crippen molar-refractivity contribution in [1.82, 2.24) is 20.4 Å². The van der Waals surface area contributed by atoms with E-state index in [-0.39, 0.29) is 11.9 Å². The summed E-state index contributed by atoms with van der Waals surface area (Å²) in [5, 5.41) is 8.18. The first-order chi connectivity index (χ1) is 16.5. The number of ether oxygens (including phenoxy) is 1. The molecule has 3 heterocycles. The van der Waals surface area contributed by atoms with Crippen molar-refractivity contribution in [3.05, 3.63) is 71.5 Å². The standard InChI is InChI=1S/C25H25FN4O2S2/c1-15-21(24-28-23(29-32-24)16-8-10-20(34-2)11-9-16)22(17-5-3-6-18(26)13-17)27-25(33)30(15)14-19-7-4-12-31-19/h3,5-6,8-11,13,19,22H,4,7,12,14H2,1-2H3,(H,27,33). The van der Waals surface area contributed by atoms with Gasteiger partial charge in [-0.05, 0) is 80.2 Å². The molecule has 176 valence electrons. The molecule has 2 aromatic carbocycles. The third-order valence-electron chi connectivity index (χ3n) is 6.19. The van der Waals surface area contributed by atoms with Crippen molar-refractivity contribution in [3.63, 3.8) is 0 Å². The Balaban J connectivity index is 1.55. The SMILES string of the molecule is CSc1ccc(-c2noc(C3=C(C)N(CC4CCCO4)C(=S)NC3c3cccc(F)c3)n2)cc1. The van der Waals surface area contributed by atoms with Crippen molar-refractivity contribution >= 4 is 34.7 Å². The molecule has 0 spiro atoms. The zero-order valence-corrected chi connectivity index (χ0v) is 20.6. The van der Waals surface area contributed by atoms with Gasteiger partial charge in [0.25, 0.3) is 5.89 Å². The monoisotopic (exact) mass is 496 g/mol. The number of nitrogens with one attached hydrogen (secondary N) is 1. The number of nitrogens with zero attached hydrogens (tertiary/aromatic N) is 3. The Labute approximate surface area is 207 Å². The average Bonchev–Trinajstić information content (AvgIpc) is 3.54. The van der Waals surface area contributed by atoms with Crippen LogP contribution in [0.5, 0.6) is 0 Å². The van der Waals surface area contributed by atoms with Gasteiger partial charge in [0.2, 0.25) is 5.82 Å². The lowest BCUT2D eigenvalue weighted by Crippen LogP contribution is -2.48. The van der Waals surface area contributed by atoms with Crippen LogP contribution in [0.15, 0.2) is 63.6 Å². The highest BCUT2D eigenvalue weighted by molar-refractivity contribution is 7.98. The second-order valence-electron chi connectivity index (χ2n) is 8.33. The lowest BCUT2D eigenvalue weighted by Gasteiger charge is -2.38. The van der Waals surface area contributed by atoms with Crippen molar-refractivity contribution in [3.8, 4) is 11.4 Å². The van der Waals surface area contributed by atoms with Crippen LogP contribution in [0.25, 0.3) is 17.0 Å². The Hall–Kier alpha value is -2.75. The molecule has 5 rings (SSSR count). The molecule has 9 heteroatoms. The highest BCUT2D eigenvalue weighted by atomic mass is 32.2. The Kier molecular flexibility index (Phi) is 6.67. The minimum atomic E-state index is -0.420. The van der Waals surface area contributed by atoms with Crippen molar-refractivity contribution in [2.75, 3.05) is 19.4 Å². The van der Waals surface area contributed by atoms with Crippen LogP contribution >= 0.6 is 24.0 Å². The van der Waals surface area contributed by atoms with Crippen molar-refractivity contribution in [1.29, 1.82) is 0 Å². The van der Waals surface area contributed by atoms with E-state index in [9.17, 15) is 4.39 Å². The van der Waals surface area contributed by atoms with Crippen molar-refractivity contribution < 1.29 is 13.7 Å². The van der Waals surface area contributed by atoms with Crippen LogP contribution in [0, 0.1) is 5.82 Å². The van der Waals surface area contributed by atoms with Crippen LogP contribution < -0.4 is 5.32 Å². The fraction of sp³-hybridized carbons (Fsp3) is 0.320. The van der Waals surface area contributed by atoms with Gasteiger partial charge in [0.1, 0.15) is 5.82 Å². The summed E-state index contributed by atoms with van der Waals surface area (Å²) in [6, 6.07) is 14.1. The normalized spacial score (nSPS) is 20.7. The number of rotatable bonds is 6. The molecule has 1 saturated heterocycles. The maximum Gasteiger partial charge on any atom is 0.258 e. The topological polar surface area (TPSA) is 63.4 Å². The first-order valence-corrected chi connectivity index (χ1v) is 12.8. The Bertz CT molecular complexity index is 1220. The molecular weight excluding hydrogens is 471 g/mol. The fourth-order valence-electron chi connectivity index (χ4n) is 4.40. The van der Waals surface area contributed by atoms with Crippen LogP contribution in [0.3, 0.4) is 0 Å². The summed E-state index contributed by atoms with van der Waals surface area (Å²) in [5.41, 5.74) is 3.26. The zero-order valence-electron chi connectivity index (χ0n) is 19.0. The molecule has 1 aromatic heterocycles. The molecule has 2 atom stereocenters. The predicted octanol–water partition coefficient (Wildman–Crippen LogP) is 5.44. The minimum Gasteiger partial charge on any atom is -0.376 e. The molecule has 2 unspecified atom stereocenters. The summed E-state index contributed by atoms with van der Waals surface area (Å²) in [6.07, 6.45) is 4.18. The van der Waals surface area contributed by atoms with Crippen LogP contribution in [-0.4, -0.2) is 45.7 Å². The second-order valence-corrected chi connectivity index (χ2v) is 9.60. The Morgan fingerprint density at radius 2 is 2.06 bits per heavy atom. The fourth-order valence-corrected chi connectivity index (χ4v) is 5.13. The highest BCUT2D eigenvalue weighted by Crippen LogP contribution is 2.38. The number of thiocarbonyl (C=S) groups is 1. The van der Waals surface area contributed by atoms with Gasteiger partial charge in [-0.15, -0.1) is 11.8 Å². The zero-order chi connectivity index (χ0) is 23.7. The van der Waals surface area contributed by atoms with Gasteiger partial charge < -0.3 is 19.5 Å². The maximum atomic E-state index is 14.1. The van der Waals surface area contributed by atoms with Crippen molar-refractivity contribution in [2.45, 2.75) is 36.8 Å². The van der Waals surface area contributed by atoms with Gasteiger partial charge in [0.15, 0.2) is 5.11 Å². The van der Waals surface area contributed by atoms with Crippen molar-refractivity contribution in [2.24, 2.45) is 0 Å². The summed E-state index contributed by atoms with van der Waals surface area (Å²) >= 11 is 7.39. The van der Waals surface area contributed by atoms with E-state index in [1.165, 1.54) is 12.1 Å². The summed E-state index contributed by atoms with van der Waals surface area (Å²) < 4.78 is 25.7. The molecule has 0 aliphatic carbocycles. The molecule has 34 heavy (non-hydrogen) atoms. The Morgan fingerprint density at radius 3 is 2.76 bits per heavy atom. The summed E-state index contributed by atoms with van der Waals surface area (Å²) in [7, 11) is 0. The molecule has 3 aromatic rings. The predicted molar refractivity (Wildman–Crippen MR) is 135 cm³/mol. The smallest absolute Gasteiger partial charge is 0.258 e. The molecule has 0 radical (unpaired) electrons. The van der Waals surface area contributed by atoms with Gasteiger partial charge in [-0.25, -0.2) is 4.39 Å². The first kappa shape index (κ1) is 23.0. The lowest BCUT2D eigenvalue weighted by molar-refractivity contribution is 0.0962. The van der Waals surface area contributed by atoms with Gasteiger partial charge in [-0.2, -0.15) is 4.98 Å². The largest absolute Gasteiger partial charge is 0.376 e. The summed E-state index contributed by atoms with van der Waals surface area (Å²) in [4.78, 5) is 7.90. The molecular formula is C25H25FN4O2S2.